The zero-order chi connectivity index (χ0) is 20.8. The number of aryl methyl sites for hydroxylation is 2. The minimum atomic E-state index is -5.49. The van der Waals surface area contributed by atoms with Gasteiger partial charge in [-0.15, -0.1) is 22.7 Å². The molecule has 1 aliphatic heterocycles. The van der Waals surface area contributed by atoms with E-state index in [1.54, 1.807) is 39.5 Å². The topological polar surface area (TPSA) is 0 Å². The summed E-state index contributed by atoms with van der Waals surface area (Å²) in [4.78, 5) is 1.08. The molecule has 0 unspecified atom stereocenters. The summed E-state index contributed by atoms with van der Waals surface area (Å²) in [6, 6.07) is 0. The van der Waals surface area contributed by atoms with Crippen molar-refractivity contribution in [1.29, 1.82) is 0 Å². The standard InChI is InChI=1S/C19H16F6S3/c1-7-11-5-26-6-12-8(2)16(28-10(12)4)14-13(15(7)27-9(11)3)17(20,21)19(24,25)18(14,22)23/h5-6H2,1-4H3. The van der Waals surface area contributed by atoms with Gasteiger partial charge in [0.1, 0.15) is 0 Å². The summed E-state index contributed by atoms with van der Waals surface area (Å²) in [6.07, 6.45) is 0. The van der Waals surface area contributed by atoms with Crippen molar-refractivity contribution >= 4 is 45.6 Å². The summed E-state index contributed by atoms with van der Waals surface area (Å²) in [5, 5.41) is 0. The van der Waals surface area contributed by atoms with E-state index in [1.165, 1.54) is 0 Å². The zero-order valence-electron chi connectivity index (χ0n) is 15.4. The molecule has 0 spiro atoms. The van der Waals surface area contributed by atoms with Crippen LogP contribution in [0.3, 0.4) is 0 Å². The van der Waals surface area contributed by atoms with Crippen LogP contribution in [0.5, 0.6) is 0 Å². The van der Waals surface area contributed by atoms with Gasteiger partial charge in [0.05, 0.1) is 11.1 Å². The van der Waals surface area contributed by atoms with E-state index in [2.05, 4.69) is 0 Å². The number of hydrogen-bond donors (Lipinski definition) is 0. The second-order valence-electron chi connectivity index (χ2n) is 7.15. The predicted octanol–water partition coefficient (Wildman–Crippen LogP) is 7.62. The van der Waals surface area contributed by atoms with Crippen LogP contribution >= 0.6 is 34.4 Å². The van der Waals surface area contributed by atoms with Crippen LogP contribution in [0.25, 0.3) is 11.1 Å². The number of allylic oxidation sites excluding steroid dienone is 2. The first-order chi connectivity index (χ1) is 12.8. The summed E-state index contributed by atoms with van der Waals surface area (Å²) in [5.41, 5.74) is -0.107. The molecule has 0 saturated carbocycles. The van der Waals surface area contributed by atoms with Crippen molar-refractivity contribution < 1.29 is 26.3 Å². The van der Waals surface area contributed by atoms with Gasteiger partial charge in [-0.05, 0) is 49.9 Å². The normalized spacial score (nSPS) is 22.2. The molecule has 4 rings (SSSR count). The Bertz CT molecular complexity index is 947. The van der Waals surface area contributed by atoms with Gasteiger partial charge in [-0.3, -0.25) is 0 Å². The highest BCUT2D eigenvalue weighted by atomic mass is 32.2. The van der Waals surface area contributed by atoms with E-state index < -0.39 is 28.9 Å². The van der Waals surface area contributed by atoms with Gasteiger partial charge in [0.25, 0.3) is 0 Å². The van der Waals surface area contributed by atoms with Crippen LogP contribution in [-0.2, 0) is 11.5 Å². The Morgan fingerprint density at radius 3 is 1.36 bits per heavy atom. The molecule has 4 bridgehead atoms. The monoisotopic (exact) mass is 454 g/mol. The van der Waals surface area contributed by atoms with Crippen LogP contribution in [0.1, 0.15) is 41.8 Å². The van der Waals surface area contributed by atoms with Crippen molar-refractivity contribution in [2.45, 2.75) is 57.0 Å². The van der Waals surface area contributed by atoms with Crippen molar-refractivity contribution in [3.05, 3.63) is 41.8 Å². The van der Waals surface area contributed by atoms with E-state index in [9.17, 15) is 26.3 Å². The van der Waals surface area contributed by atoms with Crippen LogP contribution in [0, 0.1) is 27.7 Å². The van der Waals surface area contributed by atoms with E-state index >= 15 is 0 Å². The molecular formula is C19H16F6S3. The predicted molar refractivity (Wildman–Crippen MR) is 104 cm³/mol. The molecule has 0 radical (unpaired) electrons. The number of thioether (sulfide) groups is 1. The molecule has 152 valence electrons. The average Bonchev–Trinajstić information content (AvgIpc) is 3.04. The fourth-order valence-electron chi connectivity index (χ4n) is 3.87. The maximum atomic E-state index is 14.9. The lowest BCUT2D eigenvalue weighted by molar-refractivity contribution is -0.254. The van der Waals surface area contributed by atoms with Gasteiger partial charge >= 0.3 is 17.8 Å². The molecule has 2 aromatic rings. The van der Waals surface area contributed by atoms with Gasteiger partial charge in [0, 0.05) is 31.0 Å². The number of halogens is 6. The maximum Gasteiger partial charge on any atom is 0.380 e. The Labute approximate surface area is 170 Å². The lowest BCUT2D eigenvalue weighted by atomic mass is 9.98. The largest absolute Gasteiger partial charge is 0.380 e. The Kier molecular flexibility index (Phi) is 4.39. The third-order valence-corrected chi connectivity index (χ3v) is 9.08. The molecule has 3 heterocycles. The Morgan fingerprint density at radius 1 is 0.643 bits per heavy atom. The second kappa shape index (κ2) is 6.04. The van der Waals surface area contributed by atoms with Gasteiger partial charge in [-0.1, -0.05) is 0 Å². The fraction of sp³-hybridized carbons (Fsp3) is 0.474. The number of hydrogen-bond acceptors (Lipinski definition) is 3. The molecule has 1 aliphatic carbocycles. The summed E-state index contributed by atoms with van der Waals surface area (Å²) >= 11 is 3.37. The molecule has 0 atom stereocenters. The molecule has 0 aromatic carbocycles. The number of alkyl halides is 6. The molecule has 2 aliphatic rings. The van der Waals surface area contributed by atoms with E-state index in [4.69, 9.17) is 0 Å². The number of rotatable bonds is 0. The molecule has 0 N–H and O–H groups in total. The molecular weight excluding hydrogens is 438 g/mol. The number of thiophene rings is 2. The summed E-state index contributed by atoms with van der Waals surface area (Å²) in [5.74, 6) is -14.4. The van der Waals surface area contributed by atoms with Crippen molar-refractivity contribution in [1.82, 2.24) is 0 Å². The highest BCUT2D eigenvalue weighted by Crippen LogP contribution is 2.66. The van der Waals surface area contributed by atoms with Crippen molar-refractivity contribution in [3.8, 4) is 0 Å². The molecule has 0 amide bonds. The first-order valence-corrected chi connectivity index (χ1v) is 11.3. The zero-order valence-corrected chi connectivity index (χ0v) is 17.9. The van der Waals surface area contributed by atoms with Crippen LogP contribution in [-0.4, -0.2) is 17.8 Å². The van der Waals surface area contributed by atoms with Gasteiger partial charge in [-0.2, -0.15) is 38.1 Å². The van der Waals surface area contributed by atoms with Gasteiger partial charge in [0.2, 0.25) is 0 Å². The summed E-state index contributed by atoms with van der Waals surface area (Å²) < 4.78 is 88.4. The number of fused-ring (bicyclic) bond motifs is 6. The van der Waals surface area contributed by atoms with Crippen molar-refractivity contribution in [3.63, 3.8) is 0 Å². The Morgan fingerprint density at radius 2 is 1.00 bits per heavy atom. The SMILES string of the molecule is Cc1sc2c(C)c1CSCc1c(C)sc(c1C)C1=C2C(F)(F)C(F)(F)C1(F)F. The molecule has 28 heavy (non-hydrogen) atoms. The molecule has 0 nitrogen and oxygen atoms in total. The van der Waals surface area contributed by atoms with Gasteiger partial charge < -0.3 is 0 Å². The maximum absolute atomic E-state index is 14.9. The average molecular weight is 455 g/mol. The van der Waals surface area contributed by atoms with Crippen molar-refractivity contribution in [2.75, 3.05) is 0 Å². The fourth-order valence-corrected chi connectivity index (χ4v) is 7.96. The van der Waals surface area contributed by atoms with Gasteiger partial charge in [0.15, 0.2) is 0 Å². The molecule has 0 saturated heterocycles. The lowest BCUT2D eigenvalue weighted by Crippen LogP contribution is -2.48. The quantitative estimate of drug-likeness (QED) is 0.369. The minimum absolute atomic E-state index is 0.154. The van der Waals surface area contributed by atoms with E-state index in [1.807, 2.05) is 0 Å². The molecule has 9 heteroatoms. The Balaban J connectivity index is 2.19. The highest BCUT2D eigenvalue weighted by molar-refractivity contribution is 7.97. The van der Waals surface area contributed by atoms with Crippen LogP contribution in [0.15, 0.2) is 0 Å². The van der Waals surface area contributed by atoms with E-state index in [-0.39, 0.29) is 9.75 Å². The molecule has 0 fully saturated rings. The summed E-state index contributed by atoms with van der Waals surface area (Å²) in [6.45, 7) is 6.54. The smallest absolute Gasteiger partial charge is 0.194 e. The lowest BCUT2D eigenvalue weighted by Gasteiger charge is -2.25. The van der Waals surface area contributed by atoms with Crippen LogP contribution in [0.2, 0.25) is 0 Å². The third kappa shape index (κ3) is 2.32. The third-order valence-electron chi connectivity index (χ3n) is 5.56. The highest BCUT2D eigenvalue weighted by Gasteiger charge is 2.80. The first-order valence-electron chi connectivity index (χ1n) is 8.48. The first kappa shape index (κ1) is 20.3. The minimum Gasteiger partial charge on any atom is -0.194 e. The van der Waals surface area contributed by atoms with Crippen LogP contribution < -0.4 is 0 Å². The van der Waals surface area contributed by atoms with E-state index in [0.29, 0.717) is 32.4 Å². The van der Waals surface area contributed by atoms with Crippen LogP contribution in [0.4, 0.5) is 26.3 Å². The summed E-state index contributed by atoms with van der Waals surface area (Å²) in [7, 11) is 0. The van der Waals surface area contributed by atoms with Crippen molar-refractivity contribution in [2.24, 2.45) is 0 Å². The van der Waals surface area contributed by atoms with E-state index in [0.717, 1.165) is 33.8 Å². The second-order valence-corrected chi connectivity index (χ2v) is 10.6. The molecule has 2 aromatic heterocycles. The Hall–Kier alpha value is -0.930. The van der Waals surface area contributed by atoms with Gasteiger partial charge in [-0.25, -0.2) is 0 Å².